The minimum absolute atomic E-state index is 0.0576. The summed E-state index contributed by atoms with van der Waals surface area (Å²) in [5, 5.41) is 2.94. The highest BCUT2D eigenvalue weighted by Crippen LogP contribution is 2.32. The Kier molecular flexibility index (Phi) is 5.63. The van der Waals surface area contributed by atoms with Crippen LogP contribution in [0.4, 0.5) is 18.9 Å². The SMILES string of the molecule is CCNc1ccc(C(F)(F)F)cc1C(=O)N(CC)C(C)C. The van der Waals surface area contributed by atoms with Crippen LogP contribution >= 0.6 is 0 Å². The normalized spacial score (nSPS) is 11.6. The van der Waals surface area contributed by atoms with Gasteiger partial charge in [0.05, 0.1) is 11.1 Å². The largest absolute Gasteiger partial charge is 0.416 e. The molecular formula is C15H21F3N2O. The zero-order valence-electron chi connectivity index (χ0n) is 12.7. The van der Waals surface area contributed by atoms with E-state index in [1.165, 1.54) is 11.0 Å². The molecular weight excluding hydrogens is 281 g/mol. The Bertz CT molecular complexity index is 498. The number of halogens is 3. The Morgan fingerprint density at radius 1 is 1.29 bits per heavy atom. The fourth-order valence-corrected chi connectivity index (χ4v) is 2.14. The maximum atomic E-state index is 12.8. The standard InChI is InChI=1S/C15H21F3N2O/c1-5-19-13-8-7-11(15(16,17)18)9-12(13)14(21)20(6-2)10(3)4/h7-10,19H,5-6H2,1-4H3. The molecule has 0 saturated carbocycles. The van der Waals surface area contributed by atoms with Crippen LogP contribution < -0.4 is 5.32 Å². The van der Waals surface area contributed by atoms with E-state index in [0.29, 0.717) is 18.8 Å². The molecule has 0 bridgehead atoms. The van der Waals surface area contributed by atoms with Gasteiger partial charge < -0.3 is 10.2 Å². The molecule has 0 aliphatic heterocycles. The van der Waals surface area contributed by atoms with Crippen LogP contribution in [0.5, 0.6) is 0 Å². The third kappa shape index (κ3) is 4.12. The van der Waals surface area contributed by atoms with Gasteiger partial charge in [0.2, 0.25) is 0 Å². The lowest BCUT2D eigenvalue weighted by atomic mass is 10.1. The average Bonchev–Trinajstić information content (AvgIpc) is 2.38. The van der Waals surface area contributed by atoms with Crippen LogP contribution in [-0.4, -0.2) is 29.9 Å². The molecule has 0 atom stereocenters. The molecule has 1 rings (SSSR count). The van der Waals surface area contributed by atoms with Gasteiger partial charge in [-0.25, -0.2) is 0 Å². The molecule has 0 heterocycles. The van der Waals surface area contributed by atoms with E-state index in [9.17, 15) is 18.0 Å². The van der Waals surface area contributed by atoms with Crippen molar-refractivity contribution in [2.24, 2.45) is 0 Å². The smallest absolute Gasteiger partial charge is 0.385 e. The van der Waals surface area contributed by atoms with Gasteiger partial charge in [-0.3, -0.25) is 4.79 Å². The highest BCUT2D eigenvalue weighted by Gasteiger charge is 2.32. The molecule has 0 radical (unpaired) electrons. The highest BCUT2D eigenvalue weighted by molar-refractivity contribution is 6.00. The molecule has 0 spiro atoms. The summed E-state index contributed by atoms with van der Waals surface area (Å²) in [5.74, 6) is -0.394. The minimum atomic E-state index is -4.46. The zero-order valence-corrected chi connectivity index (χ0v) is 12.7. The number of alkyl halides is 3. The molecule has 3 nitrogen and oxygen atoms in total. The highest BCUT2D eigenvalue weighted by atomic mass is 19.4. The number of carbonyl (C=O) groups is 1. The molecule has 1 N–H and O–H groups in total. The van der Waals surface area contributed by atoms with Gasteiger partial charge in [0.25, 0.3) is 5.91 Å². The Morgan fingerprint density at radius 3 is 2.33 bits per heavy atom. The topological polar surface area (TPSA) is 32.3 Å². The third-order valence-electron chi connectivity index (χ3n) is 3.17. The number of hydrogen-bond acceptors (Lipinski definition) is 2. The number of rotatable bonds is 5. The van der Waals surface area contributed by atoms with Crippen molar-refractivity contribution in [2.75, 3.05) is 18.4 Å². The van der Waals surface area contributed by atoms with Gasteiger partial charge in [-0.15, -0.1) is 0 Å². The summed E-state index contributed by atoms with van der Waals surface area (Å²) in [4.78, 5) is 14.0. The van der Waals surface area contributed by atoms with Gasteiger partial charge in [0.1, 0.15) is 0 Å². The van der Waals surface area contributed by atoms with Crippen LogP contribution in [0.2, 0.25) is 0 Å². The van der Waals surface area contributed by atoms with Gasteiger partial charge in [0.15, 0.2) is 0 Å². The number of hydrogen-bond donors (Lipinski definition) is 1. The van der Waals surface area contributed by atoms with Gasteiger partial charge in [0, 0.05) is 24.8 Å². The molecule has 0 fully saturated rings. The van der Waals surface area contributed by atoms with E-state index in [0.717, 1.165) is 12.1 Å². The van der Waals surface area contributed by atoms with Gasteiger partial charge >= 0.3 is 6.18 Å². The lowest BCUT2D eigenvalue weighted by molar-refractivity contribution is -0.137. The first-order valence-corrected chi connectivity index (χ1v) is 6.98. The van der Waals surface area contributed by atoms with Crippen molar-refractivity contribution in [3.8, 4) is 0 Å². The summed E-state index contributed by atoms with van der Waals surface area (Å²) in [6, 6.07) is 3.14. The van der Waals surface area contributed by atoms with Gasteiger partial charge in [-0.2, -0.15) is 13.2 Å². The zero-order chi connectivity index (χ0) is 16.2. The van der Waals surface area contributed by atoms with Crippen LogP contribution in [0.25, 0.3) is 0 Å². The molecule has 1 amide bonds. The van der Waals surface area contributed by atoms with Crippen LogP contribution in [0, 0.1) is 0 Å². The number of nitrogens with zero attached hydrogens (tertiary/aromatic N) is 1. The van der Waals surface area contributed by atoms with Crippen LogP contribution in [0.1, 0.15) is 43.6 Å². The van der Waals surface area contributed by atoms with Crippen molar-refractivity contribution in [1.29, 1.82) is 0 Å². The molecule has 0 aliphatic carbocycles. The van der Waals surface area contributed by atoms with Crippen LogP contribution in [-0.2, 0) is 6.18 Å². The van der Waals surface area contributed by atoms with Crippen molar-refractivity contribution >= 4 is 11.6 Å². The van der Waals surface area contributed by atoms with E-state index >= 15 is 0 Å². The summed E-state index contributed by atoms with van der Waals surface area (Å²) in [6.07, 6.45) is -4.46. The maximum absolute atomic E-state index is 12.8. The predicted octanol–water partition coefficient (Wildman–Crippen LogP) is 4.01. The number of benzene rings is 1. The number of amides is 1. The first-order valence-electron chi connectivity index (χ1n) is 6.98. The number of nitrogens with one attached hydrogen (secondary N) is 1. The molecule has 6 heteroatoms. The van der Waals surface area contributed by atoms with Gasteiger partial charge in [-0.05, 0) is 45.9 Å². The molecule has 1 aromatic carbocycles. The molecule has 1 aromatic rings. The van der Waals surface area contributed by atoms with Crippen molar-refractivity contribution < 1.29 is 18.0 Å². The molecule has 0 aliphatic rings. The first kappa shape index (κ1) is 17.3. The maximum Gasteiger partial charge on any atom is 0.416 e. The lowest BCUT2D eigenvalue weighted by Gasteiger charge is -2.26. The minimum Gasteiger partial charge on any atom is -0.385 e. The van der Waals surface area contributed by atoms with Crippen molar-refractivity contribution in [2.45, 2.75) is 39.9 Å². The molecule has 0 unspecified atom stereocenters. The van der Waals surface area contributed by atoms with E-state index in [1.807, 2.05) is 20.8 Å². The third-order valence-corrected chi connectivity index (χ3v) is 3.17. The van der Waals surface area contributed by atoms with Gasteiger partial charge in [-0.1, -0.05) is 0 Å². The van der Waals surface area contributed by atoms with E-state index in [1.54, 1.807) is 6.92 Å². The van der Waals surface area contributed by atoms with E-state index < -0.39 is 17.6 Å². The molecule has 0 aromatic heterocycles. The molecule has 118 valence electrons. The van der Waals surface area contributed by atoms with E-state index in [2.05, 4.69) is 5.32 Å². The lowest BCUT2D eigenvalue weighted by Crippen LogP contribution is -2.37. The fourth-order valence-electron chi connectivity index (χ4n) is 2.14. The second-order valence-electron chi connectivity index (χ2n) is 4.97. The predicted molar refractivity (Wildman–Crippen MR) is 77.5 cm³/mol. The average molecular weight is 302 g/mol. The van der Waals surface area contributed by atoms with E-state index in [-0.39, 0.29) is 11.6 Å². The quantitative estimate of drug-likeness (QED) is 0.891. The summed E-state index contributed by atoms with van der Waals surface area (Å²) in [7, 11) is 0. The van der Waals surface area contributed by atoms with Crippen molar-refractivity contribution in [1.82, 2.24) is 4.90 Å². The van der Waals surface area contributed by atoms with Crippen molar-refractivity contribution in [3.05, 3.63) is 29.3 Å². The molecule has 0 saturated heterocycles. The number of anilines is 1. The Balaban J connectivity index is 3.32. The first-order chi connectivity index (χ1) is 9.72. The summed E-state index contributed by atoms with van der Waals surface area (Å²) >= 11 is 0. The summed E-state index contributed by atoms with van der Waals surface area (Å²) in [6.45, 7) is 8.27. The summed E-state index contributed by atoms with van der Waals surface area (Å²) < 4.78 is 38.5. The second-order valence-corrected chi connectivity index (χ2v) is 4.97. The van der Waals surface area contributed by atoms with Crippen LogP contribution in [0.3, 0.4) is 0 Å². The molecule has 21 heavy (non-hydrogen) atoms. The Morgan fingerprint density at radius 2 is 1.90 bits per heavy atom. The van der Waals surface area contributed by atoms with Crippen LogP contribution in [0.15, 0.2) is 18.2 Å². The Hall–Kier alpha value is -1.72. The summed E-state index contributed by atoms with van der Waals surface area (Å²) in [5.41, 5.74) is -0.330. The van der Waals surface area contributed by atoms with Crippen molar-refractivity contribution in [3.63, 3.8) is 0 Å². The number of carbonyl (C=O) groups excluding carboxylic acids is 1. The Labute approximate surface area is 123 Å². The van der Waals surface area contributed by atoms with E-state index in [4.69, 9.17) is 0 Å². The fraction of sp³-hybridized carbons (Fsp3) is 0.533. The second kappa shape index (κ2) is 6.83. The monoisotopic (exact) mass is 302 g/mol.